The molecule has 8 heteroatoms. The third kappa shape index (κ3) is 3.28. The van der Waals surface area contributed by atoms with Crippen LogP contribution in [0.3, 0.4) is 0 Å². The molecule has 3 heterocycles. The highest BCUT2D eigenvalue weighted by Crippen LogP contribution is 2.35. The number of hydrogen-bond acceptors (Lipinski definition) is 7. The number of amides is 1. The Hall–Kier alpha value is -2.87. The number of carbonyl (C=O) groups is 1. The second kappa shape index (κ2) is 7.17. The number of benzene rings is 1. The van der Waals surface area contributed by atoms with Crippen LogP contribution in [-0.2, 0) is 0 Å². The molecule has 26 heavy (non-hydrogen) atoms. The van der Waals surface area contributed by atoms with Crippen LogP contribution in [0.1, 0.15) is 23.0 Å². The van der Waals surface area contributed by atoms with E-state index < -0.39 is 0 Å². The Bertz CT molecular complexity index is 877. The molecule has 1 N–H and O–H groups in total. The van der Waals surface area contributed by atoms with Crippen molar-refractivity contribution in [3.8, 4) is 5.88 Å². The zero-order chi connectivity index (χ0) is 17.9. The Labute approximate surface area is 155 Å². The van der Waals surface area contributed by atoms with Gasteiger partial charge < -0.3 is 15.0 Å². The molecule has 0 fully saturated rings. The van der Waals surface area contributed by atoms with E-state index in [1.807, 2.05) is 31.2 Å². The highest BCUT2D eigenvalue weighted by molar-refractivity contribution is 8.16. The summed E-state index contributed by atoms with van der Waals surface area (Å²) in [5.74, 6) is 0.0961. The Balaban J connectivity index is 1.42. The fourth-order valence-corrected chi connectivity index (χ4v) is 3.70. The van der Waals surface area contributed by atoms with Crippen LogP contribution in [0.25, 0.3) is 5.70 Å². The van der Waals surface area contributed by atoms with Gasteiger partial charge in [0.2, 0.25) is 5.88 Å². The van der Waals surface area contributed by atoms with E-state index in [0.717, 1.165) is 29.5 Å². The number of aliphatic imine (C=N–C) groups is 1. The van der Waals surface area contributed by atoms with Crippen molar-refractivity contribution in [1.82, 2.24) is 15.1 Å². The minimum absolute atomic E-state index is 0.241. The van der Waals surface area contributed by atoms with Gasteiger partial charge in [-0.1, -0.05) is 23.9 Å². The first-order valence-electron chi connectivity index (χ1n) is 8.32. The van der Waals surface area contributed by atoms with Crippen molar-refractivity contribution in [3.63, 3.8) is 0 Å². The Morgan fingerprint density at radius 1 is 1.23 bits per heavy atom. The summed E-state index contributed by atoms with van der Waals surface area (Å²) < 4.78 is 5.23. The second-order valence-electron chi connectivity index (χ2n) is 5.66. The lowest BCUT2D eigenvalue weighted by molar-refractivity contribution is 0.102. The van der Waals surface area contributed by atoms with E-state index in [0.29, 0.717) is 18.2 Å². The molecule has 0 saturated carbocycles. The van der Waals surface area contributed by atoms with Crippen molar-refractivity contribution in [2.45, 2.75) is 6.92 Å². The number of thioether (sulfide) groups is 1. The highest BCUT2D eigenvalue weighted by atomic mass is 32.2. The third-order valence-corrected chi connectivity index (χ3v) is 4.87. The highest BCUT2D eigenvalue weighted by Gasteiger charge is 2.26. The molecule has 7 nitrogen and oxygen atoms in total. The standard InChI is InChI=1S/C18H17N5O2S/c1-2-25-16-8-7-14(21-22-16)17(24)20-13-5-3-12(4-6-13)15-11-26-18-19-9-10-23(15)18/h3-8,11H,2,9-10H2,1H3,(H,20,24). The molecule has 1 aromatic heterocycles. The normalized spacial score (nSPS) is 15.3. The number of fused-ring (bicyclic) bond motifs is 1. The number of nitrogens with zero attached hydrogens (tertiary/aromatic N) is 4. The number of carbonyl (C=O) groups excluding carboxylic acids is 1. The van der Waals surface area contributed by atoms with Crippen molar-refractivity contribution >= 4 is 34.2 Å². The van der Waals surface area contributed by atoms with Gasteiger partial charge in [-0.2, -0.15) is 0 Å². The van der Waals surface area contributed by atoms with Crippen molar-refractivity contribution in [2.75, 3.05) is 25.0 Å². The van der Waals surface area contributed by atoms with Crippen LogP contribution in [0.15, 0.2) is 46.8 Å². The molecule has 0 aliphatic carbocycles. The van der Waals surface area contributed by atoms with Crippen LogP contribution in [0, 0.1) is 0 Å². The lowest BCUT2D eigenvalue weighted by atomic mass is 10.1. The molecule has 0 saturated heterocycles. The van der Waals surface area contributed by atoms with E-state index in [9.17, 15) is 4.79 Å². The van der Waals surface area contributed by atoms with E-state index in [4.69, 9.17) is 4.74 Å². The molecule has 2 aromatic rings. The lowest BCUT2D eigenvalue weighted by Crippen LogP contribution is -2.19. The van der Waals surface area contributed by atoms with Crippen molar-refractivity contribution in [2.24, 2.45) is 4.99 Å². The summed E-state index contributed by atoms with van der Waals surface area (Å²) in [6, 6.07) is 11.0. The quantitative estimate of drug-likeness (QED) is 0.875. The maximum Gasteiger partial charge on any atom is 0.276 e. The van der Waals surface area contributed by atoms with E-state index in [-0.39, 0.29) is 11.6 Å². The van der Waals surface area contributed by atoms with Crippen LogP contribution < -0.4 is 10.1 Å². The second-order valence-corrected chi connectivity index (χ2v) is 6.49. The number of aromatic nitrogens is 2. The fourth-order valence-electron chi connectivity index (χ4n) is 2.73. The van der Waals surface area contributed by atoms with Gasteiger partial charge in [-0.25, -0.2) is 0 Å². The van der Waals surface area contributed by atoms with E-state index in [1.165, 1.54) is 0 Å². The molecule has 2 aliphatic rings. The van der Waals surface area contributed by atoms with E-state index in [1.54, 1.807) is 23.9 Å². The fraction of sp³-hybridized carbons (Fsp3) is 0.222. The number of rotatable bonds is 5. The van der Waals surface area contributed by atoms with Gasteiger partial charge in [0.05, 0.1) is 18.8 Å². The molecule has 2 aliphatic heterocycles. The molecule has 0 atom stereocenters. The van der Waals surface area contributed by atoms with Gasteiger partial charge in [-0.15, -0.1) is 10.2 Å². The maximum absolute atomic E-state index is 12.3. The van der Waals surface area contributed by atoms with Crippen molar-refractivity contribution in [1.29, 1.82) is 0 Å². The molecule has 0 spiro atoms. The predicted molar refractivity (Wildman–Crippen MR) is 102 cm³/mol. The summed E-state index contributed by atoms with van der Waals surface area (Å²) in [4.78, 5) is 19.0. The summed E-state index contributed by atoms with van der Waals surface area (Å²) in [7, 11) is 0. The monoisotopic (exact) mass is 367 g/mol. The number of ether oxygens (including phenoxy) is 1. The first-order valence-corrected chi connectivity index (χ1v) is 9.19. The van der Waals surface area contributed by atoms with Gasteiger partial charge >= 0.3 is 0 Å². The molecule has 0 unspecified atom stereocenters. The van der Waals surface area contributed by atoms with E-state index >= 15 is 0 Å². The maximum atomic E-state index is 12.3. The molecule has 1 amide bonds. The molecule has 1 aromatic carbocycles. The van der Waals surface area contributed by atoms with Crippen molar-refractivity contribution in [3.05, 3.63) is 53.1 Å². The van der Waals surface area contributed by atoms with Gasteiger partial charge in [-0.3, -0.25) is 9.79 Å². The van der Waals surface area contributed by atoms with Crippen LogP contribution in [0.2, 0.25) is 0 Å². The van der Waals surface area contributed by atoms with Crippen LogP contribution in [-0.4, -0.2) is 45.9 Å². The number of hydrogen-bond donors (Lipinski definition) is 1. The van der Waals surface area contributed by atoms with E-state index in [2.05, 4.69) is 30.8 Å². The average Bonchev–Trinajstić information content (AvgIpc) is 3.27. The minimum atomic E-state index is -0.308. The topological polar surface area (TPSA) is 79.7 Å². The molecule has 0 bridgehead atoms. The molecule has 4 rings (SSSR count). The first-order chi connectivity index (χ1) is 12.7. The van der Waals surface area contributed by atoms with Crippen LogP contribution in [0.5, 0.6) is 5.88 Å². The largest absolute Gasteiger partial charge is 0.477 e. The summed E-state index contributed by atoms with van der Waals surface area (Å²) in [5, 5.41) is 13.8. The lowest BCUT2D eigenvalue weighted by Gasteiger charge is -2.16. The molecular formula is C18H17N5O2S. The number of nitrogens with one attached hydrogen (secondary N) is 1. The smallest absolute Gasteiger partial charge is 0.276 e. The SMILES string of the molecule is CCOc1ccc(C(=O)Nc2ccc(C3=CSC4=NCCN34)cc2)nn1. The Morgan fingerprint density at radius 2 is 2.08 bits per heavy atom. The van der Waals surface area contributed by atoms with Crippen molar-refractivity contribution < 1.29 is 9.53 Å². The van der Waals surface area contributed by atoms with Gasteiger partial charge in [0.15, 0.2) is 10.9 Å². The number of anilines is 1. The zero-order valence-electron chi connectivity index (χ0n) is 14.2. The molecular weight excluding hydrogens is 350 g/mol. The summed E-state index contributed by atoms with van der Waals surface area (Å²) in [6.45, 7) is 4.13. The zero-order valence-corrected chi connectivity index (χ0v) is 15.0. The summed E-state index contributed by atoms with van der Waals surface area (Å²) in [6.07, 6.45) is 0. The summed E-state index contributed by atoms with van der Waals surface area (Å²) >= 11 is 1.65. The van der Waals surface area contributed by atoms with Crippen LogP contribution >= 0.6 is 11.8 Å². The Kier molecular flexibility index (Phi) is 4.57. The summed E-state index contributed by atoms with van der Waals surface area (Å²) in [5.41, 5.74) is 3.20. The van der Waals surface area contributed by atoms with Gasteiger partial charge in [-0.05, 0) is 30.7 Å². The predicted octanol–water partition coefficient (Wildman–Crippen LogP) is 2.84. The van der Waals surface area contributed by atoms with Gasteiger partial charge in [0, 0.05) is 23.7 Å². The molecule has 132 valence electrons. The van der Waals surface area contributed by atoms with Gasteiger partial charge in [0.25, 0.3) is 5.91 Å². The first kappa shape index (κ1) is 16.6. The average molecular weight is 367 g/mol. The Morgan fingerprint density at radius 3 is 2.81 bits per heavy atom. The van der Waals surface area contributed by atoms with Gasteiger partial charge in [0.1, 0.15) is 0 Å². The van der Waals surface area contributed by atoms with Crippen LogP contribution in [0.4, 0.5) is 5.69 Å². The minimum Gasteiger partial charge on any atom is -0.477 e. The number of amidine groups is 1. The molecule has 0 radical (unpaired) electrons. The third-order valence-electron chi connectivity index (χ3n) is 3.97.